The van der Waals surface area contributed by atoms with Gasteiger partial charge in [0.25, 0.3) is 0 Å². The number of carbonyl (C=O) groups excluding carboxylic acids is 1. The number of rotatable bonds is 7. The molecule has 1 aromatic carbocycles. The van der Waals surface area contributed by atoms with Crippen molar-refractivity contribution < 1.29 is 19.4 Å². The molecule has 0 fully saturated rings. The highest BCUT2D eigenvalue weighted by molar-refractivity contribution is 6.30. The molecule has 23 heavy (non-hydrogen) atoms. The fraction of sp³-hybridized carbons (Fsp3) is 0.353. The van der Waals surface area contributed by atoms with Gasteiger partial charge in [-0.2, -0.15) is 0 Å². The molecule has 0 aliphatic rings. The normalized spacial score (nSPS) is 15.0. The first-order valence-corrected chi connectivity index (χ1v) is 7.78. The molecule has 1 heterocycles. The number of hydrogen-bond donors (Lipinski definition) is 3. The van der Waals surface area contributed by atoms with Crippen LogP contribution in [0.2, 0.25) is 5.02 Å². The highest BCUT2D eigenvalue weighted by Crippen LogP contribution is 2.20. The van der Waals surface area contributed by atoms with Gasteiger partial charge in [-0.25, -0.2) is 0 Å². The summed E-state index contributed by atoms with van der Waals surface area (Å²) in [7, 11) is 0. The first-order chi connectivity index (χ1) is 11.0. The average molecular weight is 338 g/mol. The van der Waals surface area contributed by atoms with Crippen LogP contribution in [0.5, 0.6) is 0 Å². The molecule has 0 saturated carbocycles. The molecule has 5 nitrogen and oxygen atoms in total. The van der Waals surface area contributed by atoms with E-state index in [2.05, 4.69) is 5.32 Å². The van der Waals surface area contributed by atoms with Crippen molar-refractivity contribution in [3.63, 3.8) is 0 Å². The van der Waals surface area contributed by atoms with Crippen LogP contribution in [0.3, 0.4) is 0 Å². The Balaban J connectivity index is 1.80. The van der Waals surface area contributed by atoms with Crippen molar-refractivity contribution in [1.82, 2.24) is 5.32 Å². The summed E-state index contributed by atoms with van der Waals surface area (Å²) in [4.78, 5) is 12.0. The van der Waals surface area contributed by atoms with E-state index < -0.39 is 12.2 Å². The smallest absolute Gasteiger partial charge is 0.223 e. The van der Waals surface area contributed by atoms with Gasteiger partial charge in [0, 0.05) is 17.5 Å². The van der Waals surface area contributed by atoms with Crippen molar-refractivity contribution in [3.8, 4) is 0 Å². The van der Waals surface area contributed by atoms with E-state index in [0.717, 1.165) is 0 Å². The molecule has 1 amide bonds. The minimum atomic E-state index is -0.894. The second-order valence-corrected chi connectivity index (χ2v) is 5.94. The van der Waals surface area contributed by atoms with E-state index in [9.17, 15) is 15.0 Å². The summed E-state index contributed by atoms with van der Waals surface area (Å²) < 4.78 is 5.12. The fourth-order valence-electron chi connectivity index (χ4n) is 2.30. The van der Waals surface area contributed by atoms with E-state index in [0.29, 0.717) is 22.8 Å². The van der Waals surface area contributed by atoms with Gasteiger partial charge in [0.1, 0.15) is 11.9 Å². The van der Waals surface area contributed by atoms with Gasteiger partial charge >= 0.3 is 0 Å². The molecule has 0 saturated heterocycles. The van der Waals surface area contributed by atoms with Crippen LogP contribution >= 0.6 is 11.6 Å². The maximum absolute atomic E-state index is 12.0. The van der Waals surface area contributed by atoms with Gasteiger partial charge < -0.3 is 19.9 Å². The van der Waals surface area contributed by atoms with Crippen molar-refractivity contribution in [3.05, 3.63) is 59.0 Å². The zero-order chi connectivity index (χ0) is 16.8. The Morgan fingerprint density at radius 3 is 2.52 bits per heavy atom. The van der Waals surface area contributed by atoms with E-state index in [1.807, 2.05) is 0 Å². The van der Waals surface area contributed by atoms with Crippen LogP contribution in [-0.4, -0.2) is 22.2 Å². The summed E-state index contributed by atoms with van der Waals surface area (Å²) in [5.41, 5.74) is 0.632. The molecule has 3 atom stereocenters. The number of amides is 1. The average Bonchev–Trinajstić information content (AvgIpc) is 3.01. The lowest BCUT2D eigenvalue weighted by atomic mass is 10.1. The van der Waals surface area contributed by atoms with Crippen molar-refractivity contribution in [1.29, 1.82) is 0 Å². The van der Waals surface area contributed by atoms with E-state index in [4.69, 9.17) is 16.0 Å². The van der Waals surface area contributed by atoms with Crippen molar-refractivity contribution in [2.24, 2.45) is 0 Å². The molecule has 0 bridgehead atoms. The molecule has 2 aromatic rings. The molecule has 3 unspecified atom stereocenters. The second kappa shape index (κ2) is 8.15. The summed E-state index contributed by atoms with van der Waals surface area (Å²) in [5.74, 6) is 0.180. The number of furan rings is 1. The molecule has 0 aliphatic carbocycles. The number of benzene rings is 1. The monoisotopic (exact) mass is 337 g/mol. The number of carbonyl (C=O) groups is 1. The topological polar surface area (TPSA) is 82.7 Å². The van der Waals surface area contributed by atoms with Crippen LogP contribution in [0.1, 0.15) is 43.3 Å². The maximum atomic E-state index is 12.0. The van der Waals surface area contributed by atoms with Gasteiger partial charge in [-0.3, -0.25) is 4.79 Å². The Bertz CT molecular complexity index is 612. The number of aliphatic hydroxyl groups excluding tert-OH is 2. The predicted molar refractivity (Wildman–Crippen MR) is 86.9 cm³/mol. The summed E-state index contributed by atoms with van der Waals surface area (Å²) >= 11 is 5.79. The molecule has 0 aliphatic heterocycles. The SMILES string of the molecule is CC(CC(O)c1ccco1)NC(=O)CC(O)c1ccc(Cl)cc1. The minimum Gasteiger partial charge on any atom is -0.467 e. The van der Waals surface area contributed by atoms with Gasteiger partial charge in [0.2, 0.25) is 5.91 Å². The van der Waals surface area contributed by atoms with Crippen LogP contribution in [0.4, 0.5) is 0 Å². The summed E-state index contributed by atoms with van der Waals surface area (Å²) in [5, 5.41) is 23.4. The Kier molecular flexibility index (Phi) is 6.21. The highest BCUT2D eigenvalue weighted by Gasteiger charge is 2.18. The van der Waals surface area contributed by atoms with E-state index in [1.165, 1.54) is 6.26 Å². The van der Waals surface area contributed by atoms with Gasteiger partial charge in [-0.1, -0.05) is 23.7 Å². The Labute approximate surface area is 139 Å². The van der Waals surface area contributed by atoms with Crippen LogP contribution in [0.25, 0.3) is 0 Å². The second-order valence-electron chi connectivity index (χ2n) is 5.51. The van der Waals surface area contributed by atoms with Crippen LogP contribution in [0.15, 0.2) is 47.1 Å². The minimum absolute atomic E-state index is 0.0528. The van der Waals surface area contributed by atoms with E-state index in [-0.39, 0.29) is 18.4 Å². The molecule has 124 valence electrons. The molecule has 6 heteroatoms. The van der Waals surface area contributed by atoms with Gasteiger partial charge in [-0.05, 0) is 36.8 Å². The standard InChI is InChI=1S/C17H20ClNO4/c1-11(9-15(21)16-3-2-8-23-16)19-17(22)10-14(20)12-4-6-13(18)7-5-12/h2-8,11,14-15,20-21H,9-10H2,1H3,(H,19,22). The Morgan fingerprint density at radius 1 is 1.22 bits per heavy atom. The van der Waals surface area contributed by atoms with Crippen molar-refractivity contribution >= 4 is 17.5 Å². The Morgan fingerprint density at radius 2 is 1.91 bits per heavy atom. The summed E-state index contributed by atoms with van der Waals surface area (Å²) in [6.07, 6.45) is 0.0968. The molecular formula is C17H20ClNO4. The van der Waals surface area contributed by atoms with Gasteiger partial charge in [-0.15, -0.1) is 0 Å². The van der Waals surface area contributed by atoms with E-state index in [1.54, 1.807) is 43.3 Å². The third-order valence-corrected chi connectivity index (χ3v) is 3.74. The third kappa shape index (κ3) is 5.39. The zero-order valence-corrected chi connectivity index (χ0v) is 13.5. The lowest BCUT2D eigenvalue weighted by Gasteiger charge is -2.18. The zero-order valence-electron chi connectivity index (χ0n) is 12.8. The number of aliphatic hydroxyl groups is 2. The summed E-state index contributed by atoms with van der Waals surface area (Å²) in [6.45, 7) is 1.79. The highest BCUT2D eigenvalue weighted by atomic mass is 35.5. The van der Waals surface area contributed by atoms with Crippen molar-refractivity contribution in [2.75, 3.05) is 0 Å². The lowest BCUT2D eigenvalue weighted by Crippen LogP contribution is -2.34. The van der Waals surface area contributed by atoms with Crippen LogP contribution in [-0.2, 0) is 4.79 Å². The molecule has 0 spiro atoms. The van der Waals surface area contributed by atoms with Crippen LogP contribution < -0.4 is 5.32 Å². The number of hydrogen-bond acceptors (Lipinski definition) is 4. The maximum Gasteiger partial charge on any atom is 0.223 e. The molecule has 1 aromatic heterocycles. The summed E-state index contributed by atoms with van der Waals surface area (Å²) in [6, 6.07) is 9.84. The van der Waals surface area contributed by atoms with Gasteiger partial charge in [0.05, 0.1) is 18.8 Å². The molecule has 3 N–H and O–H groups in total. The van der Waals surface area contributed by atoms with Crippen molar-refractivity contribution in [2.45, 2.75) is 38.0 Å². The first kappa shape index (κ1) is 17.5. The first-order valence-electron chi connectivity index (χ1n) is 7.40. The van der Waals surface area contributed by atoms with Crippen LogP contribution in [0, 0.1) is 0 Å². The Hall–Kier alpha value is -1.82. The molecule has 2 rings (SSSR count). The molecule has 0 radical (unpaired) electrons. The lowest BCUT2D eigenvalue weighted by molar-refractivity contribution is -0.123. The van der Waals surface area contributed by atoms with E-state index >= 15 is 0 Å². The third-order valence-electron chi connectivity index (χ3n) is 3.49. The van der Waals surface area contributed by atoms with Gasteiger partial charge in [0.15, 0.2) is 0 Å². The fourth-order valence-corrected chi connectivity index (χ4v) is 2.43. The number of nitrogens with one attached hydrogen (secondary N) is 1. The predicted octanol–water partition coefficient (Wildman–Crippen LogP) is 2.98. The largest absolute Gasteiger partial charge is 0.467 e. The molecular weight excluding hydrogens is 318 g/mol. The number of halogens is 1. The quantitative estimate of drug-likeness (QED) is 0.725.